The molecule has 0 aromatic heterocycles. The van der Waals surface area contributed by atoms with Crippen LogP contribution in [-0.2, 0) is 91.7 Å². The molecule has 5 aromatic carbocycles. The Labute approximate surface area is 866 Å². The molecule has 0 radical (unpaired) electrons. The molecule has 824 valence electrons. The first kappa shape index (κ1) is 129. The van der Waals surface area contributed by atoms with Crippen molar-refractivity contribution in [2.24, 2.45) is 17.8 Å². The van der Waals surface area contributed by atoms with Gasteiger partial charge >= 0.3 is 0 Å². The fourth-order valence-electron chi connectivity index (χ4n) is 18.6. The predicted octanol–water partition coefficient (Wildman–Crippen LogP) is -14.2. The third kappa shape index (κ3) is 50.2. The first-order valence-electron chi connectivity index (χ1n) is 48.8. The molecule has 0 heterocycles. The maximum absolute atomic E-state index is 14.4. The summed E-state index contributed by atoms with van der Waals surface area (Å²) < 4.78 is 0. The van der Waals surface area contributed by atoms with Crippen LogP contribution in [0.25, 0.3) is 0 Å². The average molecular weight is 2080 g/mol. The zero-order chi connectivity index (χ0) is 108. The van der Waals surface area contributed by atoms with E-state index < -0.39 is 198 Å². The highest BCUT2D eigenvalue weighted by Crippen LogP contribution is 2.42. The number of hydrogen-bond donors (Lipinski definition) is 3. The average Bonchev–Trinajstić information content (AvgIpc) is 0.741. The van der Waals surface area contributed by atoms with Crippen LogP contribution in [0.3, 0.4) is 0 Å². The second kappa shape index (κ2) is 70.9. The normalized spacial score (nSPS) is 13.4. The fraction of sp³-hybridized carbons (Fsp3) is 0.538. The van der Waals surface area contributed by atoms with Crippen molar-refractivity contribution in [3.8, 4) is 0 Å². The first-order chi connectivity index (χ1) is 70.1. The third-order valence-electron chi connectivity index (χ3n) is 25.3. The molecular formula is C104H135N12O33-15. The Bertz CT molecular complexity index is 4600. The van der Waals surface area contributed by atoms with E-state index in [-0.39, 0.29) is 162 Å². The molecule has 3 N–H and O–H groups in total. The molecule has 2 aliphatic rings. The number of carbonyl (C=O) groups is 18. The molecule has 0 bridgehead atoms. The van der Waals surface area contributed by atoms with Gasteiger partial charge in [0.2, 0.25) is 17.7 Å². The lowest BCUT2D eigenvalue weighted by Gasteiger charge is -2.37. The minimum atomic E-state index is -1.58. The largest absolute Gasteiger partial charge is 0.549 e. The van der Waals surface area contributed by atoms with Crippen molar-refractivity contribution in [1.82, 2.24) is 60.0 Å². The summed E-state index contributed by atoms with van der Waals surface area (Å²) in [6, 6.07) is 42.4. The van der Waals surface area contributed by atoms with Gasteiger partial charge < -0.3 is 164 Å². The number of nitrogens with one attached hydrogen (secondary N) is 3. The second-order valence-electron chi connectivity index (χ2n) is 36.1. The van der Waals surface area contributed by atoms with Gasteiger partial charge in [-0.2, -0.15) is 0 Å². The van der Waals surface area contributed by atoms with Crippen molar-refractivity contribution in [1.29, 1.82) is 0 Å². The number of carboxylic acids is 15. The molecule has 7 rings (SSSR count). The van der Waals surface area contributed by atoms with Gasteiger partial charge in [-0.25, -0.2) is 0 Å². The van der Waals surface area contributed by atoms with Crippen molar-refractivity contribution in [2.45, 2.75) is 166 Å². The number of rotatable bonds is 73. The van der Waals surface area contributed by atoms with Gasteiger partial charge in [0.15, 0.2) is 0 Å². The van der Waals surface area contributed by atoms with Gasteiger partial charge in [0.25, 0.3) is 0 Å². The van der Waals surface area contributed by atoms with Crippen LogP contribution >= 0.6 is 0 Å². The zero-order valence-electron chi connectivity index (χ0n) is 82.0. The molecule has 0 spiro atoms. The van der Waals surface area contributed by atoms with Crippen LogP contribution in [0.4, 0.5) is 0 Å². The highest BCUT2D eigenvalue weighted by molar-refractivity contribution is 5.96. The lowest BCUT2D eigenvalue weighted by molar-refractivity contribution is -0.314. The Morgan fingerprint density at radius 1 is 0.255 bits per heavy atom. The molecule has 2 fully saturated rings. The first-order valence-corrected chi connectivity index (χ1v) is 48.8. The van der Waals surface area contributed by atoms with Gasteiger partial charge in [0.1, 0.15) is 5.41 Å². The molecule has 3 atom stereocenters. The molecule has 3 unspecified atom stereocenters. The number of unbranched alkanes of at least 4 members (excludes halogenated alkanes) is 3. The summed E-state index contributed by atoms with van der Waals surface area (Å²) in [5, 5.41) is 180. The Hall–Kier alpha value is -13.8. The SMILES string of the molecule is C.C.O=C([O-])CN(CCN(CCN(CC(=O)[O-])CC(=O)[O-])C(CCCCNC(=O)C(C1CCCCC1)C1CCCCC1)C(=O)[O-])CC(=O)[O-].O=C([O-])CN(CCN(CCN(CC(=O)[O-])CC(=O)[O-])C(CCCCNC(=O)C(c1ccccc1)(c1ccccc1)c1ccccc1)C(=O)[O-])CC(=O)[O-].O=C([O-])CN(CCN(CCN(CC(=O)[O-])CC(=O)[O-])C(CCCCNC(=O)C(c1ccccc1)c1ccccc1)C(=O)[O-])CC(=O)[O-]. The summed E-state index contributed by atoms with van der Waals surface area (Å²) >= 11 is 0. The highest BCUT2D eigenvalue weighted by atomic mass is 16.4. The van der Waals surface area contributed by atoms with E-state index in [1.54, 1.807) is 0 Å². The summed E-state index contributed by atoms with van der Waals surface area (Å²) in [5.41, 5.74) is 2.57. The maximum Gasteiger partial charge on any atom is 0.239 e. The summed E-state index contributed by atoms with van der Waals surface area (Å²) in [7, 11) is 0. The van der Waals surface area contributed by atoms with Crippen LogP contribution in [0.5, 0.6) is 0 Å². The molecule has 3 amide bonds. The van der Waals surface area contributed by atoms with Crippen LogP contribution in [0.15, 0.2) is 152 Å². The summed E-state index contributed by atoms with van der Waals surface area (Å²) in [6.45, 7) is -11.4. The minimum absolute atomic E-state index is 0. The monoisotopic (exact) mass is 2080 g/mol. The topological polar surface area (TPSA) is 718 Å². The number of nitrogens with zero attached hydrogens (tertiary/aromatic N) is 9. The van der Waals surface area contributed by atoms with Crippen molar-refractivity contribution in [3.05, 3.63) is 179 Å². The Kier molecular flexibility index (Phi) is 61.6. The number of aliphatic carboxylic acids is 15. The molecule has 45 heteroatoms. The van der Waals surface area contributed by atoms with Crippen molar-refractivity contribution >= 4 is 107 Å². The number of benzene rings is 5. The van der Waals surface area contributed by atoms with Crippen LogP contribution < -0.4 is 92.5 Å². The molecule has 2 aliphatic carbocycles. The molecule has 0 saturated heterocycles. The van der Waals surface area contributed by atoms with Crippen molar-refractivity contribution in [3.63, 3.8) is 0 Å². The number of amides is 3. The van der Waals surface area contributed by atoms with Gasteiger partial charge in [-0.1, -0.05) is 205 Å². The van der Waals surface area contributed by atoms with Crippen molar-refractivity contribution in [2.75, 3.05) is 177 Å². The van der Waals surface area contributed by atoms with Gasteiger partial charge in [0, 0.05) is 201 Å². The predicted molar refractivity (Wildman–Crippen MR) is 504 cm³/mol. The fourth-order valence-corrected chi connectivity index (χ4v) is 18.6. The van der Waals surface area contributed by atoms with Crippen LogP contribution in [0.1, 0.15) is 171 Å². The molecule has 149 heavy (non-hydrogen) atoms. The van der Waals surface area contributed by atoms with E-state index in [0.29, 0.717) is 44.1 Å². The Morgan fingerprint density at radius 3 is 0.664 bits per heavy atom. The molecule has 5 aromatic rings. The molecule has 2 saturated carbocycles. The third-order valence-corrected chi connectivity index (χ3v) is 25.3. The van der Waals surface area contributed by atoms with Crippen LogP contribution in [0.2, 0.25) is 0 Å². The molecule has 0 aliphatic heterocycles. The minimum Gasteiger partial charge on any atom is -0.549 e. The number of hydrogen-bond acceptors (Lipinski definition) is 42. The van der Waals surface area contributed by atoms with Crippen LogP contribution in [0, 0.1) is 17.8 Å². The van der Waals surface area contributed by atoms with Gasteiger partial charge in [-0.05, 0) is 123 Å². The molecule has 45 nitrogen and oxygen atoms in total. The van der Waals surface area contributed by atoms with E-state index in [1.165, 1.54) is 27.5 Å². The quantitative estimate of drug-likeness (QED) is 0.0240. The zero-order valence-corrected chi connectivity index (χ0v) is 82.0. The van der Waals surface area contributed by atoms with E-state index in [4.69, 9.17) is 0 Å². The summed E-state index contributed by atoms with van der Waals surface area (Å²) in [5.74, 6) is -23.7. The Morgan fingerprint density at radius 2 is 0.456 bits per heavy atom. The smallest absolute Gasteiger partial charge is 0.239 e. The standard InChI is InChI=1S/C38H46N4O11.C32H54N4O11.C32H42N4O11.2CH4/c43-32(44)24-40(25-33(45)46)20-22-42(23-21-41(26-34(47)48)27-35(49)50)31(36(51)52)18-10-11-19-39-37(53)38(28-12-4-1-5-13-28,29-14-6-2-7-15-29)30-16-8-3-9-17-30;2*37-26(38)19-34(20-27(39)40)15-17-36(18-16-35(21-28(41)42)22-29(43)44)25(32(46)47)13-7-8-14-33-31(45)30(23-9-3-1-4-10-23)24-11-5-2-6-12-24;;/h1-9,12-17,31H,10-11,18-27H2,(H,39,53)(H,43,44)(H,45,46)(H,47,48)(H,49,50)(H,51,52);23-25,30H,1-22H2,(H,33,45)(H,37,38)(H,39,40)(H,41,42)(H,43,44)(H,46,47);1-6,9-12,25,30H,7-8,13-22H2,(H,33,45)(H,37,38)(H,39,40)(H,41,42)(H,43,44)(H,46,47);2*1H4/p-15. The van der Waals surface area contributed by atoms with E-state index in [1.807, 2.05) is 152 Å². The van der Waals surface area contributed by atoms with E-state index >= 15 is 0 Å². The molecular weight excluding hydrogens is 1950 g/mol. The van der Waals surface area contributed by atoms with Gasteiger partial charge in [0.05, 0.1) is 95.5 Å². The summed E-state index contributed by atoms with van der Waals surface area (Å²) in [4.78, 5) is 222. The second-order valence-corrected chi connectivity index (χ2v) is 36.1. The van der Waals surface area contributed by atoms with E-state index in [2.05, 4.69) is 16.0 Å². The number of carbonyl (C=O) groups excluding carboxylic acids is 18. The van der Waals surface area contributed by atoms with E-state index in [0.717, 1.165) is 109 Å². The summed E-state index contributed by atoms with van der Waals surface area (Å²) in [6.07, 6.45) is 13.2. The van der Waals surface area contributed by atoms with Gasteiger partial charge in [-0.3, -0.25) is 58.5 Å². The Balaban J connectivity index is 0.000000572. The highest BCUT2D eigenvalue weighted by Gasteiger charge is 2.44. The van der Waals surface area contributed by atoms with Crippen molar-refractivity contribution < 1.29 is 163 Å². The lowest BCUT2D eigenvalue weighted by Crippen LogP contribution is -2.54. The maximum atomic E-state index is 14.4. The lowest BCUT2D eigenvalue weighted by atomic mass is 9.68. The van der Waals surface area contributed by atoms with Gasteiger partial charge in [-0.15, -0.1) is 0 Å². The number of carboxylic acid groups (broad SMARTS) is 15. The van der Waals surface area contributed by atoms with E-state index in [9.17, 15) is 163 Å². The van der Waals surface area contributed by atoms with Crippen LogP contribution in [-0.4, -0.2) is 346 Å².